The Balaban J connectivity index is 4.21. The van der Waals surface area contributed by atoms with Crippen molar-refractivity contribution in [1.29, 1.82) is 0 Å². The molecular formula is C32H65N2O6P. The van der Waals surface area contributed by atoms with Gasteiger partial charge in [0.1, 0.15) is 13.2 Å². The number of allylic oxidation sites excluding steroid dienone is 2. The highest BCUT2D eigenvalue weighted by Gasteiger charge is 2.24. The summed E-state index contributed by atoms with van der Waals surface area (Å²) in [4.78, 5) is 24.8. The Kier molecular flexibility index (Phi) is 25.2. The predicted octanol–water partition coefficient (Wildman–Crippen LogP) is 7.05. The van der Waals surface area contributed by atoms with Crippen molar-refractivity contribution in [2.24, 2.45) is 0 Å². The van der Waals surface area contributed by atoms with Crippen molar-refractivity contribution < 1.29 is 32.9 Å². The van der Waals surface area contributed by atoms with Gasteiger partial charge >= 0.3 is 0 Å². The summed E-state index contributed by atoms with van der Waals surface area (Å²) in [6.07, 6.45) is 24.3. The second-order valence-electron chi connectivity index (χ2n) is 12.5. The third kappa shape index (κ3) is 27.8. The van der Waals surface area contributed by atoms with E-state index in [1.165, 1.54) is 57.8 Å². The van der Waals surface area contributed by atoms with Crippen LogP contribution in [0, 0.1) is 0 Å². The van der Waals surface area contributed by atoms with E-state index in [1.807, 2.05) is 21.1 Å². The fourth-order valence-electron chi connectivity index (χ4n) is 4.50. The number of hydrogen-bond acceptors (Lipinski definition) is 6. The number of amides is 1. The topological polar surface area (TPSA) is 108 Å². The van der Waals surface area contributed by atoms with Gasteiger partial charge < -0.3 is 28.8 Å². The number of phosphoric ester groups is 1. The van der Waals surface area contributed by atoms with Crippen molar-refractivity contribution >= 4 is 13.7 Å². The quantitative estimate of drug-likeness (QED) is 0.0410. The Morgan fingerprint density at radius 1 is 0.829 bits per heavy atom. The lowest BCUT2D eigenvalue weighted by Crippen LogP contribution is -2.46. The van der Waals surface area contributed by atoms with Gasteiger partial charge in [-0.25, -0.2) is 0 Å². The molecule has 9 heteroatoms. The molecule has 0 aliphatic rings. The molecule has 0 radical (unpaired) electrons. The highest BCUT2D eigenvalue weighted by molar-refractivity contribution is 7.45. The van der Waals surface area contributed by atoms with Gasteiger partial charge in [0, 0.05) is 6.42 Å². The number of hydrogen-bond donors (Lipinski definition) is 2. The van der Waals surface area contributed by atoms with Gasteiger partial charge in [-0.3, -0.25) is 9.36 Å². The fraction of sp³-hybridized carbons (Fsp3) is 0.906. The van der Waals surface area contributed by atoms with Crippen LogP contribution in [0.5, 0.6) is 0 Å². The van der Waals surface area contributed by atoms with Gasteiger partial charge in [-0.2, -0.15) is 0 Å². The Hall–Kier alpha value is -0.760. The lowest BCUT2D eigenvalue weighted by molar-refractivity contribution is -0.870. The van der Waals surface area contributed by atoms with E-state index in [4.69, 9.17) is 9.05 Å². The Labute approximate surface area is 252 Å². The number of unbranched alkanes of at least 4 members (excludes halogenated alkanes) is 14. The number of nitrogens with zero attached hydrogens (tertiary/aromatic N) is 1. The van der Waals surface area contributed by atoms with Gasteiger partial charge in [0.15, 0.2) is 0 Å². The molecule has 0 fully saturated rings. The second kappa shape index (κ2) is 25.7. The molecule has 0 spiro atoms. The van der Waals surface area contributed by atoms with E-state index in [9.17, 15) is 19.4 Å². The van der Waals surface area contributed by atoms with E-state index < -0.39 is 20.0 Å². The Bertz CT molecular complexity index is 698. The van der Waals surface area contributed by atoms with Crippen LogP contribution in [-0.2, 0) is 18.4 Å². The van der Waals surface area contributed by atoms with Crippen molar-refractivity contribution in [3.63, 3.8) is 0 Å². The maximum absolute atomic E-state index is 12.6. The summed E-state index contributed by atoms with van der Waals surface area (Å²) in [7, 11) is 1.29. The third-order valence-corrected chi connectivity index (χ3v) is 8.22. The summed E-state index contributed by atoms with van der Waals surface area (Å²) in [5.74, 6) is -0.187. The maximum Gasteiger partial charge on any atom is 0.268 e. The first-order valence-electron chi connectivity index (χ1n) is 16.5. The molecule has 41 heavy (non-hydrogen) atoms. The van der Waals surface area contributed by atoms with Crippen LogP contribution in [-0.4, -0.2) is 68.5 Å². The van der Waals surface area contributed by atoms with Crippen LogP contribution in [0.4, 0.5) is 0 Å². The second-order valence-corrected chi connectivity index (χ2v) is 13.9. The van der Waals surface area contributed by atoms with Gasteiger partial charge in [-0.1, -0.05) is 103 Å². The van der Waals surface area contributed by atoms with E-state index in [0.717, 1.165) is 51.4 Å². The lowest BCUT2D eigenvalue weighted by Gasteiger charge is -2.30. The summed E-state index contributed by atoms with van der Waals surface area (Å²) in [5, 5.41) is 13.4. The largest absolute Gasteiger partial charge is 0.756 e. The normalized spacial score (nSPS) is 15.2. The number of phosphoric acid groups is 1. The number of carbonyl (C=O) groups is 1. The monoisotopic (exact) mass is 604 g/mol. The SMILES string of the molecule is CCCCCCCCC/C=C\CCCCCCCC(=O)NC(COP(=O)([O-])OCC[N+](C)(C)C)C(O)CCCCC. The van der Waals surface area contributed by atoms with Crippen LogP contribution >= 0.6 is 7.82 Å². The summed E-state index contributed by atoms with van der Waals surface area (Å²) in [5.41, 5.74) is 0. The first-order valence-corrected chi connectivity index (χ1v) is 18.0. The third-order valence-electron chi connectivity index (χ3n) is 7.25. The molecule has 3 unspecified atom stereocenters. The molecule has 0 aromatic heterocycles. The average Bonchev–Trinajstić information content (AvgIpc) is 2.90. The fourth-order valence-corrected chi connectivity index (χ4v) is 5.22. The number of aliphatic hydroxyl groups is 1. The van der Waals surface area contributed by atoms with Gasteiger partial charge in [0.05, 0.1) is 39.9 Å². The van der Waals surface area contributed by atoms with Crippen LogP contribution < -0.4 is 10.2 Å². The molecular weight excluding hydrogens is 539 g/mol. The molecule has 0 aliphatic carbocycles. The number of rotatable bonds is 29. The maximum atomic E-state index is 12.6. The van der Waals surface area contributed by atoms with Crippen LogP contribution in [0.3, 0.4) is 0 Å². The molecule has 0 rings (SSSR count). The van der Waals surface area contributed by atoms with E-state index in [0.29, 0.717) is 23.9 Å². The highest BCUT2D eigenvalue weighted by Crippen LogP contribution is 2.38. The number of likely N-dealkylation sites (N-methyl/N-ethyl adjacent to an activating group) is 1. The van der Waals surface area contributed by atoms with Gasteiger partial charge in [-0.15, -0.1) is 0 Å². The molecule has 0 aliphatic heterocycles. The molecule has 2 N–H and O–H groups in total. The van der Waals surface area contributed by atoms with Crippen molar-refractivity contribution in [3.8, 4) is 0 Å². The molecule has 0 saturated heterocycles. The summed E-state index contributed by atoms with van der Waals surface area (Å²) < 4.78 is 22.8. The molecule has 1 amide bonds. The molecule has 0 aromatic rings. The molecule has 0 saturated carbocycles. The first-order chi connectivity index (χ1) is 19.5. The summed E-state index contributed by atoms with van der Waals surface area (Å²) >= 11 is 0. The minimum atomic E-state index is -4.53. The average molecular weight is 605 g/mol. The smallest absolute Gasteiger partial charge is 0.268 e. The summed E-state index contributed by atoms with van der Waals surface area (Å²) in [6, 6.07) is -0.795. The molecule has 244 valence electrons. The molecule has 3 atom stereocenters. The van der Waals surface area contributed by atoms with E-state index >= 15 is 0 Å². The van der Waals surface area contributed by atoms with Crippen LogP contribution in [0.1, 0.15) is 136 Å². The highest BCUT2D eigenvalue weighted by atomic mass is 31.2. The van der Waals surface area contributed by atoms with Crippen molar-refractivity contribution in [3.05, 3.63) is 12.2 Å². The Morgan fingerprint density at radius 2 is 1.34 bits per heavy atom. The number of nitrogens with one attached hydrogen (secondary N) is 1. The van der Waals surface area contributed by atoms with Crippen LogP contribution in [0.25, 0.3) is 0 Å². The first kappa shape index (κ1) is 40.2. The number of aliphatic hydroxyl groups excluding tert-OH is 1. The molecule has 0 bridgehead atoms. The minimum Gasteiger partial charge on any atom is -0.756 e. The zero-order valence-electron chi connectivity index (χ0n) is 27.2. The van der Waals surface area contributed by atoms with Crippen molar-refractivity contribution in [2.45, 2.75) is 148 Å². The number of quaternary nitrogens is 1. The zero-order valence-corrected chi connectivity index (χ0v) is 28.1. The van der Waals surface area contributed by atoms with Crippen molar-refractivity contribution in [2.75, 3.05) is 40.9 Å². The molecule has 0 aromatic carbocycles. The van der Waals surface area contributed by atoms with E-state index in [2.05, 4.69) is 31.3 Å². The minimum absolute atomic E-state index is 0.00982. The van der Waals surface area contributed by atoms with E-state index in [-0.39, 0.29) is 19.1 Å². The standard InChI is InChI=1S/C32H65N2O6P/c1-6-8-10-11-12-13-14-15-16-17-18-19-20-21-22-24-26-32(36)33-30(31(35)25-23-9-7-2)29-40-41(37,38)39-28-27-34(3,4)5/h16-17,30-31,35H,6-15,18-29H2,1-5H3,(H-,33,36,37,38)/b17-16-. The van der Waals surface area contributed by atoms with Gasteiger partial charge in [-0.05, 0) is 38.5 Å². The number of carbonyl (C=O) groups excluding carboxylic acids is 1. The van der Waals surface area contributed by atoms with Crippen LogP contribution in [0.2, 0.25) is 0 Å². The predicted molar refractivity (Wildman–Crippen MR) is 169 cm³/mol. The van der Waals surface area contributed by atoms with E-state index in [1.54, 1.807) is 0 Å². The molecule has 0 heterocycles. The zero-order chi connectivity index (χ0) is 30.8. The Morgan fingerprint density at radius 3 is 1.90 bits per heavy atom. The summed E-state index contributed by atoms with van der Waals surface area (Å²) in [6.45, 7) is 4.51. The lowest BCUT2D eigenvalue weighted by atomic mass is 10.0. The van der Waals surface area contributed by atoms with Crippen LogP contribution in [0.15, 0.2) is 12.2 Å². The van der Waals surface area contributed by atoms with Gasteiger partial charge in [0.25, 0.3) is 7.82 Å². The van der Waals surface area contributed by atoms with Gasteiger partial charge in [0.2, 0.25) is 5.91 Å². The molecule has 8 nitrogen and oxygen atoms in total. The van der Waals surface area contributed by atoms with Crippen molar-refractivity contribution in [1.82, 2.24) is 5.32 Å².